The maximum Gasteiger partial charge on any atom is 0.272 e. The minimum Gasteiger partial charge on any atom is -0.497 e. The Bertz CT molecular complexity index is 1090. The first-order valence-electron chi connectivity index (χ1n) is 9.83. The van der Waals surface area contributed by atoms with Gasteiger partial charge in [-0.05, 0) is 36.8 Å². The van der Waals surface area contributed by atoms with Gasteiger partial charge in [0.25, 0.3) is 5.91 Å². The number of piperazine rings is 1. The maximum atomic E-state index is 13.8. The number of aromatic nitrogens is 1. The van der Waals surface area contributed by atoms with Crippen molar-refractivity contribution in [2.24, 2.45) is 0 Å². The topological polar surface area (TPSA) is 54.9 Å². The number of hydrogen-bond donors (Lipinski definition) is 0. The predicted molar refractivity (Wildman–Crippen MR) is 114 cm³/mol. The summed E-state index contributed by atoms with van der Waals surface area (Å²) >= 11 is 0. The first-order chi connectivity index (χ1) is 14.5. The van der Waals surface area contributed by atoms with Gasteiger partial charge in [0.05, 0.1) is 19.7 Å². The van der Waals surface area contributed by atoms with Crippen molar-refractivity contribution in [3.8, 4) is 11.5 Å². The monoisotopic (exact) mass is 409 g/mol. The molecule has 3 aromatic rings. The normalized spacial score (nSPS) is 14.1. The number of ether oxygens (including phenoxy) is 2. The third-order valence-corrected chi connectivity index (χ3v) is 5.46. The summed E-state index contributed by atoms with van der Waals surface area (Å²) in [6.45, 7) is 4.38. The van der Waals surface area contributed by atoms with Crippen LogP contribution in [0.4, 0.5) is 10.1 Å². The Balaban J connectivity index is 1.55. The van der Waals surface area contributed by atoms with Crippen molar-refractivity contribution in [2.45, 2.75) is 6.92 Å². The highest BCUT2D eigenvalue weighted by Gasteiger charge is 2.25. The van der Waals surface area contributed by atoms with Crippen LogP contribution < -0.4 is 14.4 Å². The molecule has 7 heteroatoms. The Labute approximate surface area is 174 Å². The summed E-state index contributed by atoms with van der Waals surface area (Å²) in [7, 11) is 3.16. The number of amides is 1. The molecule has 2 aromatic carbocycles. The van der Waals surface area contributed by atoms with Crippen molar-refractivity contribution in [1.29, 1.82) is 0 Å². The lowest BCUT2D eigenvalue weighted by Gasteiger charge is -2.36. The van der Waals surface area contributed by atoms with Gasteiger partial charge >= 0.3 is 0 Å². The van der Waals surface area contributed by atoms with Gasteiger partial charge in [0.15, 0.2) is 0 Å². The molecule has 0 N–H and O–H groups in total. The standard InChI is InChI=1S/C23H24FN3O3/c1-15-11-16(24)12-19-21(30-3)14-20(25-22(15)19)23(28)27-9-7-26(8-10-27)17-5-4-6-18(13-17)29-2/h4-6,11-14H,7-10H2,1-3H3. The third kappa shape index (κ3) is 3.75. The summed E-state index contributed by atoms with van der Waals surface area (Å²) in [5, 5.41) is 0.564. The minimum absolute atomic E-state index is 0.149. The number of benzene rings is 2. The van der Waals surface area contributed by atoms with Gasteiger partial charge in [0.2, 0.25) is 0 Å². The summed E-state index contributed by atoms with van der Waals surface area (Å²) < 4.78 is 24.5. The highest BCUT2D eigenvalue weighted by Crippen LogP contribution is 2.29. The van der Waals surface area contributed by atoms with Gasteiger partial charge in [-0.1, -0.05) is 6.07 Å². The zero-order valence-corrected chi connectivity index (χ0v) is 17.3. The molecule has 0 unspecified atom stereocenters. The summed E-state index contributed by atoms with van der Waals surface area (Å²) in [5.74, 6) is 0.753. The Hall–Kier alpha value is -3.35. The van der Waals surface area contributed by atoms with Gasteiger partial charge in [-0.3, -0.25) is 4.79 Å². The molecule has 1 aromatic heterocycles. The molecule has 1 fully saturated rings. The van der Waals surface area contributed by atoms with Crippen LogP contribution in [0.1, 0.15) is 16.1 Å². The van der Waals surface area contributed by atoms with Crippen molar-refractivity contribution in [2.75, 3.05) is 45.3 Å². The second-order valence-corrected chi connectivity index (χ2v) is 7.31. The van der Waals surface area contributed by atoms with E-state index in [-0.39, 0.29) is 11.7 Å². The number of carbonyl (C=O) groups excluding carboxylic acids is 1. The molecule has 1 amide bonds. The average Bonchev–Trinajstić information content (AvgIpc) is 2.78. The largest absolute Gasteiger partial charge is 0.497 e. The minimum atomic E-state index is -0.354. The van der Waals surface area contributed by atoms with E-state index < -0.39 is 0 Å². The zero-order chi connectivity index (χ0) is 21.3. The molecule has 1 aliphatic rings. The first-order valence-corrected chi connectivity index (χ1v) is 9.83. The number of nitrogens with zero attached hydrogens (tertiary/aromatic N) is 3. The summed E-state index contributed by atoms with van der Waals surface area (Å²) in [4.78, 5) is 21.7. The fraction of sp³-hybridized carbons (Fsp3) is 0.304. The van der Waals surface area contributed by atoms with Crippen LogP contribution in [0.5, 0.6) is 11.5 Å². The van der Waals surface area contributed by atoms with Gasteiger partial charge < -0.3 is 19.3 Å². The smallest absolute Gasteiger partial charge is 0.272 e. The second kappa shape index (κ2) is 8.18. The molecule has 1 aliphatic heterocycles. The molecule has 0 spiro atoms. The van der Waals surface area contributed by atoms with Crippen LogP contribution in [0, 0.1) is 12.7 Å². The van der Waals surface area contributed by atoms with E-state index >= 15 is 0 Å². The molecule has 0 radical (unpaired) electrons. The molecule has 6 nitrogen and oxygen atoms in total. The molecule has 0 bridgehead atoms. The number of carbonyl (C=O) groups is 1. The van der Waals surface area contributed by atoms with Crippen molar-refractivity contribution < 1.29 is 18.7 Å². The van der Waals surface area contributed by atoms with Crippen molar-refractivity contribution >= 4 is 22.5 Å². The third-order valence-electron chi connectivity index (χ3n) is 5.46. The van der Waals surface area contributed by atoms with E-state index in [0.717, 1.165) is 11.4 Å². The van der Waals surface area contributed by atoms with Gasteiger partial charge in [0.1, 0.15) is 23.0 Å². The fourth-order valence-corrected chi connectivity index (χ4v) is 3.84. The van der Waals surface area contributed by atoms with Crippen LogP contribution in [0.3, 0.4) is 0 Å². The zero-order valence-electron chi connectivity index (χ0n) is 17.3. The fourth-order valence-electron chi connectivity index (χ4n) is 3.84. The van der Waals surface area contributed by atoms with E-state index in [1.807, 2.05) is 24.3 Å². The molecule has 0 saturated carbocycles. The molecule has 0 atom stereocenters. The van der Waals surface area contributed by atoms with Crippen LogP contribution >= 0.6 is 0 Å². The van der Waals surface area contributed by atoms with E-state index in [9.17, 15) is 9.18 Å². The van der Waals surface area contributed by atoms with Gasteiger partial charge in [0, 0.05) is 49.4 Å². The first kappa shape index (κ1) is 19.9. The summed E-state index contributed by atoms with van der Waals surface area (Å²) in [5.41, 5.74) is 2.63. The molecule has 4 rings (SSSR count). The Morgan fingerprint density at radius 1 is 1.03 bits per heavy atom. The average molecular weight is 409 g/mol. The number of methoxy groups -OCH3 is 2. The molecular formula is C23H24FN3O3. The van der Waals surface area contributed by atoms with Crippen LogP contribution in [-0.4, -0.2) is 56.2 Å². The van der Waals surface area contributed by atoms with Crippen molar-refractivity contribution in [3.63, 3.8) is 0 Å². The van der Waals surface area contributed by atoms with Crippen molar-refractivity contribution in [3.05, 3.63) is 59.5 Å². The quantitative estimate of drug-likeness (QED) is 0.658. The highest BCUT2D eigenvalue weighted by molar-refractivity contribution is 5.98. The molecule has 30 heavy (non-hydrogen) atoms. The Morgan fingerprint density at radius 3 is 2.50 bits per heavy atom. The predicted octanol–water partition coefficient (Wildman–Crippen LogP) is 3.66. The second-order valence-electron chi connectivity index (χ2n) is 7.31. The summed E-state index contributed by atoms with van der Waals surface area (Å²) in [6.07, 6.45) is 0. The Morgan fingerprint density at radius 2 is 1.80 bits per heavy atom. The summed E-state index contributed by atoms with van der Waals surface area (Å²) in [6, 6.07) is 12.3. The number of pyridine rings is 1. The van der Waals surface area contributed by atoms with Crippen LogP contribution in [-0.2, 0) is 0 Å². The van der Waals surface area contributed by atoms with E-state index in [2.05, 4.69) is 9.88 Å². The molecule has 0 aliphatic carbocycles. The number of hydrogen-bond acceptors (Lipinski definition) is 5. The molecule has 1 saturated heterocycles. The maximum absolute atomic E-state index is 13.8. The number of fused-ring (bicyclic) bond motifs is 1. The van der Waals surface area contributed by atoms with E-state index in [1.54, 1.807) is 25.0 Å². The van der Waals surface area contributed by atoms with Crippen LogP contribution in [0.25, 0.3) is 10.9 Å². The van der Waals surface area contributed by atoms with Crippen molar-refractivity contribution in [1.82, 2.24) is 9.88 Å². The Kier molecular flexibility index (Phi) is 5.44. The van der Waals surface area contributed by atoms with E-state index in [4.69, 9.17) is 9.47 Å². The highest BCUT2D eigenvalue weighted by atomic mass is 19.1. The van der Waals surface area contributed by atoms with Crippen LogP contribution in [0.15, 0.2) is 42.5 Å². The number of anilines is 1. The number of halogens is 1. The van der Waals surface area contributed by atoms with E-state index in [0.29, 0.717) is 54.1 Å². The lowest BCUT2D eigenvalue weighted by Crippen LogP contribution is -2.49. The number of aryl methyl sites for hydroxylation is 1. The van der Waals surface area contributed by atoms with E-state index in [1.165, 1.54) is 19.2 Å². The van der Waals surface area contributed by atoms with Gasteiger partial charge in [-0.2, -0.15) is 0 Å². The number of rotatable bonds is 4. The van der Waals surface area contributed by atoms with Gasteiger partial charge in [-0.15, -0.1) is 0 Å². The lowest BCUT2D eigenvalue weighted by atomic mass is 10.1. The van der Waals surface area contributed by atoms with Gasteiger partial charge in [-0.25, -0.2) is 9.37 Å². The molecular weight excluding hydrogens is 385 g/mol. The van der Waals surface area contributed by atoms with Crippen LogP contribution in [0.2, 0.25) is 0 Å². The molecule has 156 valence electrons. The SMILES string of the molecule is COc1cccc(N2CCN(C(=O)c3cc(OC)c4cc(F)cc(C)c4n3)CC2)c1. The lowest BCUT2D eigenvalue weighted by molar-refractivity contribution is 0.0741. The molecule has 2 heterocycles.